The van der Waals surface area contributed by atoms with Crippen molar-refractivity contribution in [3.8, 4) is 0 Å². The number of hydrogen-bond donors (Lipinski definition) is 0. The molecule has 0 aromatic heterocycles. The second-order valence-corrected chi connectivity index (χ2v) is 16.1. The third kappa shape index (κ3) is 36.3. The highest BCUT2D eigenvalue weighted by molar-refractivity contribution is 7.45. The van der Waals surface area contributed by atoms with Crippen LogP contribution < -0.4 is 4.89 Å². The van der Waals surface area contributed by atoms with Crippen molar-refractivity contribution < 1.29 is 42.1 Å². The van der Waals surface area contributed by atoms with Gasteiger partial charge in [-0.15, -0.1) is 0 Å². The Kier molecular flexibility index (Phi) is 32.3. The van der Waals surface area contributed by atoms with E-state index in [0.717, 1.165) is 64.2 Å². The first-order valence-electron chi connectivity index (χ1n) is 20.0. The lowest BCUT2D eigenvalue weighted by molar-refractivity contribution is -0.870. The van der Waals surface area contributed by atoms with Crippen molar-refractivity contribution in [1.82, 2.24) is 0 Å². The number of hydrogen-bond acceptors (Lipinski definition) is 8. The predicted molar refractivity (Wildman–Crippen MR) is 204 cm³/mol. The van der Waals surface area contributed by atoms with Crippen LogP contribution in [0.5, 0.6) is 0 Å². The SMILES string of the molecule is CCCC/C=C\C/C=C\CCCCCCCC(=O)OC(COC(=O)CCCCCCCCCCCCCC)COP(=O)([O-])OCC[N+](C)(C)C. The summed E-state index contributed by atoms with van der Waals surface area (Å²) in [5.74, 6) is -0.849. The minimum absolute atomic E-state index is 0.0322. The van der Waals surface area contributed by atoms with E-state index in [1.807, 2.05) is 21.1 Å². The second-order valence-electron chi connectivity index (χ2n) is 14.7. The van der Waals surface area contributed by atoms with E-state index in [0.29, 0.717) is 17.4 Å². The van der Waals surface area contributed by atoms with Crippen LogP contribution in [0.4, 0.5) is 0 Å². The number of ether oxygens (including phenoxy) is 2. The summed E-state index contributed by atoms with van der Waals surface area (Å²) in [6.45, 7) is 4.16. The van der Waals surface area contributed by atoms with E-state index in [-0.39, 0.29) is 32.0 Å². The Morgan fingerprint density at radius 2 is 1.10 bits per heavy atom. The van der Waals surface area contributed by atoms with E-state index in [9.17, 15) is 19.0 Å². The van der Waals surface area contributed by atoms with Crippen molar-refractivity contribution in [1.29, 1.82) is 0 Å². The van der Waals surface area contributed by atoms with Gasteiger partial charge >= 0.3 is 11.9 Å². The van der Waals surface area contributed by atoms with E-state index < -0.39 is 26.5 Å². The van der Waals surface area contributed by atoms with Crippen LogP contribution >= 0.6 is 7.82 Å². The van der Waals surface area contributed by atoms with Gasteiger partial charge in [-0.25, -0.2) is 0 Å². The topological polar surface area (TPSA) is 111 Å². The fraction of sp³-hybridized carbons (Fsp3) is 0.850. The molecule has 0 rings (SSSR count). The number of phosphoric ester groups is 1. The fourth-order valence-electron chi connectivity index (χ4n) is 5.26. The predicted octanol–water partition coefficient (Wildman–Crippen LogP) is 10.2. The Balaban J connectivity index is 4.44. The molecule has 0 fully saturated rings. The van der Waals surface area contributed by atoms with Crippen molar-refractivity contribution >= 4 is 19.8 Å². The summed E-state index contributed by atoms with van der Waals surface area (Å²) in [7, 11) is 1.16. The minimum atomic E-state index is -4.62. The molecule has 10 heteroatoms. The van der Waals surface area contributed by atoms with Gasteiger partial charge in [0.2, 0.25) is 0 Å². The van der Waals surface area contributed by atoms with Gasteiger partial charge in [-0.3, -0.25) is 14.2 Å². The van der Waals surface area contributed by atoms with Gasteiger partial charge in [-0.1, -0.05) is 141 Å². The van der Waals surface area contributed by atoms with Gasteiger partial charge in [0.1, 0.15) is 19.8 Å². The molecule has 0 aliphatic rings. The number of nitrogens with zero attached hydrogens (tertiary/aromatic N) is 1. The summed E-state index contributed by atoms with van der Waals surface area (Å²) in [4.78, 5) is 37.3. The fourth-order valence-corrected chi connectivity index (χ4v) is 5.99. The maximum absolute atomic E-state index is 12.6. The molecule has 0 bridgehead atoms. The monoisotopic (exact) mass is 730 g/mol. The molecule has 9 nitrogen and oxygen atoms in total. The zero-order valence-corrected chi connectivity index (χ0v) is 33.7. The number of allylic oxidation sites excluding steroid dienone is 4. The molecule has 2 atom stereocenters. The Labute approximate surface area is 307 Å². The van der Waals surface area contributed by atoms with Crippen molar-refractivity contribution in [2.75, 3.05) is 47.5 Å². The number of likely N-dealkylation sites (N-methyl/N-ethyl adjacent to an activating group) is 1. The van der Waals surface area contributed by atoms with E-state index in [2.05, 4.69) is 38.2 Å². The Hall–Kier alpha value is -1.51. The third-order valence-corrected chi connectivity index (χ3v) is 9.44. The van der Waals surface area contributed by atoms with Gasteiger partial charge in [0.05, 0.1) is 27.7 Å². The number of carbonyl (C=O) groups excluding carboxylic acids is 2. The highest BCUT2D eigenvalue weighted by Gasteiger charge is 2.21. The summed E-state index contributed by atoms with van der Waals surface area (Å²) in [5, 5.41) is 0. The maximum Gasteiger partial charge on any atom is 0.306 e. The third-order valence-electron chi connectivity index (χ3n) is 8.47. The molecule has 0 aromatic carbocycles. The zero-order chi connectivity index (χ0) is 37.2. The first-order valence-corrected chi connectivity index (χ1v) is 21.5. The minimum Gasteiger partial charge on any atom is -0.756 e. The molecule has 0 aliphatic heterocycles. The van der Waals surface area contributed by atoms with Crippen LogP contribution in [0.3, 0.4) is 0 Å². The van der Waals surface area contributed by atoms with Crippen LogP contribution in [0, 0.1) is 0 Å². The van der Waals surface area contributed by atoms with Crippen LogP contribution in [0.1, 0.15) is 168 Å². The van der Waals surface area contributed by atoms with Crippen molar-refractivity contribution in [3.05, 3.63) is 24.3 Å². The normalized spacial score (nSPS) is 14.0. The van der Waals surface area contributed by atoms with Crippen LogP contribution in [0.2, 0.25) is 0 Å². The molecule has 0 saturated carbocycles. The lowest BCUT2D eigenvalue weighted by Gasteiger charge is -2.28. The summed E-state index contributed by atoms with van der Waals surface area (Å²) >= 11 is 0. The molecule has 0 heterocycles. The van der Waals surface area contributed by atoms with Crippen LogP contribution in [-0.2, 0) is 32.7 Å². The smallest absolute Gasteiger partial charge is 0.306 e. The van der Waals surface area contributed by atoms with E-state index >= 15 is 0 Å². The number of unbranched alkanes of at least 4 members (excludes halogenated alkanes) is 18. The van der Waals surface area contributed by atoms with Crippen molar-refractivity contribution in [3.63, 3.8) is 0 Å². The summed E-state index contributed by atoms with van der Waals surface area (Å²) in [6.07, 6.45) is 33.4. The summed E-state index contributed by atoms with van der Waals surface area (Å²) < 4.78 is 33.8. The second kappa shape index (κ2) is 33.3. The van der Waals surface area contributed by atoms with Crippen LogP contribution in [0.15, 0.2) is 24.3 Å². The lowest BCUT2D eigenvalue weighted by Crippen LogP contribution is -2.37. The van der Waals surface area contributed by atoms with Crippen molar-refractivity contribution in [2.24, 2.45) is 0 Å². The summed E-state index contributed by atoms with van der Waals surface area (Å²) in [5.41, 5.74) is 0. The largest absolute Gasteiger partial charge is 0.756 e. The number of quaternary nitrogens is 1. The molecular weight excluding hydrogens is 653 g/mol. The molecule has 0 radical (unpaired) electrons. The highest BCUT2D eigenvalue weighted by Crippen LogP contribution is 2.38. The maximum atomic E-state index is 12.6. The molecule has 294 valence electrons. The molecule has 0 N–H and O–H groups in total. The average molecular weight is 730 g/mol. The quantitative estimate of drug-likeness (QED) is 0.0206. The standard InChI is InChI=1S/C40H76NO8P/c1-6-8-10-12-14-16-18-20-21-23-25-27-29-31-33-40(43)49-38(37-48-50(44,45)47-35-34-41(3,4)5)36-46-39(42)32-30-28-26-24-22-19-17-15-13-11-9-7-2/h12,14,18,20,38H,6-11,13,15-17,19,21-37H2,1-5H3/b14-12-,20-18-. The first kappa shape index (κ1) is 48.5. The molecule has 0 aliphatic carbocycles. The van der Waals surface area contributed by atoms with Gasteiger partial charge in [0.15, 0.2) is 6.10 Å². The summed E-state index contributed by atoms with van der Waals surface area (Å²) in [6, 6.07) is 0. The number of phosphoric acid groups is 1. The molecule has 0 aromatic rings. The van der Waals surface area contributed by atoms with Crippen LogP contribution in [0.25, 0.3) is 0 Å². The molecular formula is C40H76NO8P. The number of rotatable bonds is 36. The lowest BCUT2D eigenvalue weighted by atomic mass is 10.0. The van der Waals surface area contributed by atoms with E-state index in [1.165, 1.54) is 70.6 Å². The average Bonchev–Trinajstić information content (AvgIpc) is 3.06. The van der Waals surface area contributed by atoms with Crippen molar-refractivity contribution in [2.45, 2.75) is 174 Å². The zero-order valence-electron chi connectivity index (χ0n) is 32.8. The van der Waals surface area contributed by atoms with E-state index in [1.54, 1.807) is 0 Å². The number of carbonyl (C=O) groups is 2. The highest BCUT2D eigenvalue weighted by atomic mass is 31.2. The molecule has 0 amide bonds. The Morgan fingerprint density at radius 1 is 0.620 bits per heavy atom. The molecule has 0 saturated heterocycles. The molecule has 50 heavy (non-hydrogen) atoms. The van der Waals surface area contributed by atoms with Gasteiger partial charge in [0.25, 0.3) is 7.82 Å². The van der Waals surface area contributed by atoms with Crippen LogP contribution in [-0.4, -0.2) is 70.0 Å². The van der Waals surface area contributed by atoms with Gasteiger partial charge in [0, 0.05) is 12.8 Å². The van der Waals surface area contributed by atoms with E-state index in [4.69, 9.17) is 18.5 Å². The van der Waals surface area contributed by atoms with Gasteiger partial charge in [-0.05, 0) is 38.5 Å². The van der Waals surface area contributed by atoms with Gasteiger partial charge < -0.3 is 27.9 Å². The van der Waals surface area contributed by atoms with Gasteiger partial charge in [-0.2, -0.15) is 0 Å². The first-order chi connectivity index (χ1) is 24.0. The molecule has 0 spiro atoms. The Morgan fingerprint density at radius 3 is 1.64 bits per heavy atom. The molecule has 2 unspecified atom stereocenters. The number of esters is 2. The Bertz CT molecular complexity index is 918.